The highest BCUT2D eigenvalue weighted by Crippen LogP contribution is 2.66. The largest absolute Gasteiger partial charge is 0.507 e. The summed E-state index contributed by atoms with van der Waals surface area (Å²) in [6.45, 7) is 5.18. The summed E-state index contributed by atoms with van der Waals surface area (Å²) in [7, 11) is 1.32. The number of benzene rings is 2. The Morgan fingerprint density at radius 2 is 1.74 bits per heavy atom. The molecule has 216 valence electrons. The van der Waals surface area contributed by atoms with Gasteiger partial charge in [-0.25, -0.2) is 0 Å². The number of amides is 4. The molecule has 0 radical (unpaired) electrons. The minimum absolute atomic E-state index is 0.0964. The van der Waals surface area contributed by atoms with Crippen molar-refractivity contribution in [3.63, 3.8) is 0 Å². The van der Waals surface area contributed by atoms with Crippen LogP contribution in [0.1, 0.15) is 47.2 Å². The minimum Gasteiger partial charge on any atom is -0.507 e. The van der Waals surface area contributed by atoms with Crippen molar-refractivity contribution in [1.82, 2.24) is 4.90 Å². The lowest BCUT2D eigenvalue weighted by atomic mass is 9.56. The second-order valence-electron chi connectivity index (χ2n) is 11.5. The van der Waals surface area contributed by atoms with Gasteiger partial charge in [0.25, 0.3) is 11.8 Å². The first-order valence-electron chi connectivity index (χ1n) is 13.7. The van der Waals surface area contributed by atoms with Crippen LogP contribution in [0.25, 0.3) is 0 Å². The average molecular weight is 607 g/mol. The molecule has 1 saturated carbocycles. The lowest BCUT2D eigenvalue weighted by Crippen LogP contribution is -2.60. The molecular formula is C32H28Cl2N2O6. The van der Waals surface area contributed by atoms with E-state index in [1.807, 2.05) is 6.08 Å². The molecule has 4 amide bonds. The Hall–Kier alpha value is -3.75. The Labute approximate surface area is 252 Å². The lowest BCUT2D eigenvalue weighted by Gasteiger charge is -2.50. The lowest BCUT2D eigenvalue weighted by molar-refractivity contribution is -0.138. The number of nitrogens with zero attached hydrogens (tertiary/aromatic N) is 2. The van der Waals surface area contributed by atoms with Crippen molar-refractivity contribution in [3.8, 4) is 5.75 Å². The van der Waals surface area contributed by atoms with Crippen molar-refractivity contribution in [2.45, 2.75) is 41.9 Å². The third-order valence-corrected chi connectivity index (χ3v) is 10.8. The van der Waals surface area contributed by atoms with Gasteiger partial charge in [0.15, 0.2) is 15.5 Å². The molecule has 42 heavy (non-hydrogen) atoms. The predicted octanol–water partition coefficient (Wildman–Crippen LogP) is 4.52. The van der Waals surface area contributed by atoms with Gasteiger partial charge in [-0.3, -0.25) is 33.8 Å². The first-order valence-corrected chi connectivity index (χ1v) is 14.4. The van der Waals surface area contributed by atoms with E-state index in [1.165, 1.54) is 14.0 Å². The molecule has 2 saturated heterocycles. The van der Waals surface area contributed by atoms with Crippen LogP contribution >= 0.6 is 23.2 Å². The van der Waals surface area contributed by atoms with Gasteiger partial charge in [-0.1, -0.05) is 35.9 Å². The van der Waals surface area contributed by atoms with Crippen molar-refractivity contribution in [2.75, 3.05) is 11.9 Å². The first kappa shape index (κ1) is 28.4. The summed E-state index contributed by atoms with van der Waals surface area (Å²) in [5.41, 5.74) is 2.25. The zero-order valence-electron chi connectivity index (χ0n) is 23.0. The number of ketones is 1. The SMILES string of the molecule is C=CCc1cccc([C@H]2C3=CC[C@@H]4C(=O)N(c5ccc(C(C)=O)cc5)C(=O)[C@@H]4[C@@H]3C[C@@]3(Cl)C(=O)N(C)C(=O)[C@@]23Cl)c1O. The van der Waals surface area contributed by atoms with E-state index in [0.29, 0.717) is 34.4 Å². The standard InChI is InChI=1S/C32H28Cl2N2O6/c1-4-6-18-7-5-8-22(26(18)38)25-20-13-14-21-24(23(20)15-31(33)29(41)35(3)30(42)32(25,31)34)28(40)36(27(21)39)19-11-9-17(10-12-19)16(2)37/h4-5,7-13,21,23-25,38H,1,6,14-15H2,2-3H3/t21-,23+,24-,25+,31+,32-/m0/s1. The van der Waals surface area contributed by atoms with E-state index >= 15 is 0 Å². The maximum Gasteiger partial charge on any atom is 0.253 e. The van der Waals surface area contributed by atoms with E-state index in [-0.39, 0.29) is 30.3 Å². The van der Waals surface area contributed by atoms with Gasteiger partial charge in [0.1, 0.15) is 5.75 Å². The van der Waals surface area contributed by atoms with Gasteiger partial charge in [-0.15, -0.1) is 29.8 Å². The average Bonchev–Trinajstić information content (AvgIpc) is 3.29. The number of phenolic OH excluding ortho intramolecular Hbond substituents is 1. The number of phenols is 1. The second kappa shape index (κ2) is 9.64. The quantitative estimate of drug-likeness (QED) is 0.232. The predicted molar refractivity (Wildman–Crippen MR) is 156 cm³/mol. The molecule has 0 spiro atoms. The zero-order valence-corrected chi connectivity index (χ0v) is 24.5. The zero-order chi connectivity index (χ0) is 30.3. The van der Waals surface area contributed by atoms with E-state index < -0.39 is 51.1 Å². The number of likely N-dealkylation sites (tertiary alicyclic amines) is 1. The van der Waals surface area contributed by atoms with Gasteiger partial charge in [-0.2, -0.15) is 0 Å². The topological polar surface area (TPSA) is 112 Å². The summed E-state index contributed by atoms with van der Waals surface area (Å²) in [6, 6.07) is 11.3. The van der Waals surface area contributed by atoms with Crippen LogP contribution in [-0.2, 0) is 25.6 Å². The Kier molecular flexibility index (Phi) is 6.51. The molecule has 2 aliphatic heterocycles. The van der Waals surface area contributed by atoms with E-state index in [4.69, 9.17) is 23.2 Å². The number of hydrogen-bond donors (Lipinski definition) is 1. The number of alkyl halides is 2. The van der Waals surface area contributed by atoms with Gasteiger partial charge >= 0.3 is 0 Å². The normalized spacial score (nSPS) is 32.0. The molecule has 0 unspecified atom stereocenters. The third-order valence-electron chi connectivity index (χ3n) is 9.37. The van der Waals surface area contributed by atoms with E-state index in [1.54, 1.807) is 48.5 Å². The minimum atomic E-state index is -1.98. The van der Waals surface area contributed by atoms with Crippen LogP contribution < -0.4 is 4.90 Å². The number of rotatable bonds is 5. The van der Waals surface area contributed by atoms with Crippen molar-refractivity contribution in [3.05, 3.63) is 83.5 Å². The molecule has 3 fully saturated rings. The summed E-state index contributed by atoms with van der Waals surface area (Å²) in [5, 5.41) is 11.4. The molecule has 8 nitrogen and oxygen atoms in total. The van der Waals surface area contributed by atoms with Crippen LogP contribution in [0.2, 0.25) is 0 Å². The van der Waals surface area contributed by atoms with Crippen LogP contribution in [0, 0.1) is 17.8 Å². The molecule has 10 heteroatoms. The van der Waals surface area contributed by atoms with E-state index in [0.717, 1.165) is 9.80 Å². The highest BCUT2D eigenvalue weighted by atomic mass is 35.5. The fourth-order valence-electron chi connectivity index (χ4n) is 7.35. The number of fused-ring (bicyclic) bond motifs is 4. The van der Waals surface area contributed by atoms with Gasteiger partial charge in [0.05, 0.1) is 17.5 Å². The number of carbonyl (C=O) groups excluding carboxylic acids is 5. The fraction of sp³-hybridized carbons (Fsp3) is 0.344. The number of carbonyl (C=O) groups is 5. The maximum absolute atomic E-state index is 14.1. The van der Waals surface area contributed by atoms with Gasteiger partial charge in [0, 0.05) is 24.1 Å². The summed E-state index contributed by atoms with van der Waals surface area (Å²) in [6.07, 6.45) is 3.86. The summed E-state index contributed by atoms with van der Waals surface area (Å²) < 4.78 is 0. The van der Waals surface area contributed by atoms with Gasteiger partial charge in [-0.05, 0) is 61.9 Å². The van der Waals surface area contributed by atoms with Crippen LogP contribution in [0.15, 0.2) is 66.8 Å². The number of aromatic hydroxyl groups is 1. The third kappa shape index (κ3) is 3.57. The summed E-state index contributed by atoms with van der Waals surface area (Å²) >= 11 is 14.4. The maximum atomic E-state index is 14.1. The Morgan fingerprint density at radius 1 is 1.05 bits per heavy atom. The van der Waals surface area contributed by atoms with Crippen molar-refractivity contribution < 1.29 is 29.1 Å². The second-order valence-corrected chi connectivity index (χ2v) is 12.7. The smallest absolute Gasteiger partial charge is 0.253 e. The molecule has 2 heterocycles. The van der Waals surface area contributed by atoms with Crippen molar-refractivity contribution in [2.24, 2.45) is 17.8 Å². The van der Waals surface area contributed by atoms with Gasteiger partial charge < -0.3 is 5.11 Å². The molecule has 1 N–H and O–H groups in total. The Bertz CT molecular complexity index is 1630. The van der Waals surface area contributed by atoms with E-state index in [9.17, 15) is 29.1 Å². The number of allylic oxidation sites excluding steroid dienone is 3. The molecular weight excluding hydrogens is 579 g/mol. The molecule has 2 aromatic carbocycles. The molecule has 4 aliphatic rings. The molecule has 6 rings (SSSR count). The highest BCUT2D eigenvalue weighted by molar-refractivity contribution is 6.53. The summed E-state index contributed by atoms with van der Waals surface area (Å²) in [5.74, 6) is -5.79. The number of hydrogen-bond acceptors (Lipinski definition) is 6. The van der Waals surface area contributed by atoms with Crippen LogP contribution in [0.5, 0.6) is 5.75 Å². The van der Waals surface area contributed by atoms with Crippen LogP contribution in [-0.4, -0.2) is 56.2 Å². The van der Waals surface area contributed by atoms with Crippen molar-refractivity contribution in [1.29, 1.82) is 0 Å². The monoisotopic (exact) mass is 606 g/mol. The highest BCUT2D eigenvalue weighted by Gasteiger charge is 2.76. The Morgan fingerprint density at radius 3 is 2.38 bits per heavy atom. The number of imide groups is 2. The molecule has 6 atom stereocenters. The first-order chi connectivity index (χ1) is 19.9. The number of Topliss-reactive ketones (excluding diaryl/α,β-unsaturated/α-hetero) is 1. The molecule has 0 bridgehead atoms. The fourth-order valence-corrected chi connectivity index (χ4v) is 8.36. The summed E-state index contributed by atoms with van der Waals surface area (Å²) in [4.78, 5) is 65.0. The molecule has 0 aromatic heterocycles. The Balaban J connectivity index is 1.50. The van der Waals surface area contributed by atoms with Gasteiger partial charge in [0.2, 0.25) is 11.8 Å². The van der Waals surface area contributed by atoms with Crippen LogP contribution in [0.3, 0.4) is 0 Å². The van der Waals surface area contributed by atoms with Crippen LogP contribution in [0.4, 0.5) is 5.69 Å². The number of para-hydroxylation sites is 1. The number of halogens is 2. The molecule has 2 aromatic rings. The number of anilines is 1. The van der Waals surface area contributed by atoms with E-state index in [2.05, 4.69) is 6.58 Å². The molecule has 2 aliphatic carbocycles. The van der Waals surface area contributed by atoms with Crippen molar-refractivity contribution >= 4 is 58.3 Å².